The van der Waals surface area contributed by atoms with E-state index in [1.165, 1.54) is 0 Å². The summed E-state index contributed by atoms with van der Waals surface area (Å²) in [6, 6.07) is 10.3. The van der Waals surface area contributed by atoms with E-state index < -0.39 is 0 Å². The van der Waals surface area contributed by atoms with Gasteiger partial charge in [0.2, 0.25) is 11.8 Å². The smallest absolute Gasteiger partial charge is 0.258 e. The lowest BCUT2D eigenvalue weighted by Crippen LogP contribution is -2.28. The molecule has 1 aromatic carbocycles. The van der Waals surface area contributed by atoms with Gasteiger partial charge in [-0.2, -0.15) is 0 Å². The maximum atomic E-state index is 11.8. The number of amides is 1. The molecule has 0 aliphatic carbocycles. The third-order valence-corrected chi connectivity index (χ3v) is 3.25. The number of aromatic nitrogens is 3. The van der Waals surface area contributed by atoms with Crippen molar-refractivity contribution in [2.45, 2.75) is 6.54 Å². The number of hydrogen-bond acceptors (Lipinski definition) is 6. The second-order valence-electron chi connectivity index (χ2n) is 4.76. The molecular formula is C16H13ClN4O3. The van der Waals surface area contributed by atoms with Crippen LogP contribution in [0.25, 0.3) is 11.5 Å². The summed E-state index contributed by atoms with van der Waals surface area (Å²) in [6.45, 7) is 0.00129. The topological polar surface area (TPSA) is 90.1 Å². The Morgan fingerprint density at radius 1 is 1.21 bits per heavy atom. The molecule has 3 rings (SSSR count). The van der Waals surface area contributed by atoms with Crippen molar-refractivity contribution in [1.29, 1.82) is 0 Å². The minimum absolute atomic E-state index is 0.120. The van der Waals surface area contributed by atoms with E-state index in [0.29, 0.717) is 28.1 Å². The Labute approximate surface area is 142 Å². The van der Waals surface area contributed by atoms with Crippen LogP contribution >= 0.6 is 11.6 Å². The Morgan fingerprint density at radius 3 is 2.79 bits per heavy atom. The third-order valence-electron chi connectivity index (χ3n) is 3.00. The molecule has 24 heavy (non-hydrogen) atoms. The van der Waals surface area contributed by atoms with Crippen molar-refractivity contribution in [2.75, 3.05) is 6.61 Å². The Kier molecular flexibility index (Phi) is 5.02. The standard InChI is InChI=1S/C16H13ClN4O3/c17-12-3-5-13(6-4-12)23-10-14(22)19-9-15-20-21-16(24-15)11-2-1-7-18-8-11/h1-8H,9-10H2,(H,19,22). The molecule has 0 radical (unpaired) electrons. The van der Waals surface area contributed by atoms with E-state index in [1.54, 1.807) is 42.7 Å². The number of halogens is 1. The van der Waals surface area contributed by atoms with Gasteiger partial charge in [-0.25, -0.2) is 0 Å². The number of hydrogen-bond donors (Lipinski definition) is 1. The molecule has 0 fully saturated rings. The van der Waals surface area contributed by atoms with Gasteiger partial charge in [-0.1, -0.05) is 11.6 Å². The highest BCUT2D eigenvalue weighted by Crippen LogP contribution is 2.16. The van der Waals surface area contributed by atoms with E-state index >= 15 is 0 Å². The molecular weight excluding hydrogens is 332 g/mol. The Bertz CT molecular complexity index is 806. The number of carbonyl (C=O) groups is 1. The van der Waals surface area contributed by atoms with E-state index in [1.807, 2.05) is 6.07 Å². The minimum atomic E-state index is -0.300. The molecule has 2 heterocycles. The van der Waals surface area contributed by atoms with E-state index in [0.717, 1.165) is 0 Å². The Hall–Kier alpha value is -2.93. The highest BCUT2D eigenvalue weighted by Gasteiger charge is 2.10. The summed E-state index contributed by atoms with van der Waals surface area (Å²) in [5, 5.41) is 11.0. The molecule has 0 aliphatic heterocycles. The van der Waals surface area contributed by atoms with E-state index in [-0.39, 0.29) is 19.1 Å². The summed E-state index contributed by atoms with van der Waals surface area (Å²) in [5.74, 6) is 0.913. The molecule has 1 amide bonds. The maximum absolute atomic E-state index is 11.8. The number of nitrogens with one attached hydrogen (secondary N) is 1. The number of pyridine rings is 1. The first-order valence-electron chi connectivity index (χ1n) is 7.08. The average molecular weight is 345 g/mol. The van der Waals surface area contributed by atoms with E-state index in [2.05, 4.69) is 20.5 Å². The second-order valence-corrected chi connectivity index (χ2v) is 5.20. The van der Waals surface area contributed by atoms with Gasteiger partial charge in [0.25, 0.3) is 5.91 Å². The SMILES string of the molecule is O=C(COc1ccc(Cl)cc1)NCc1nnc(-c2cccnc2)o1. The summed E-state index contributed by atoms with van der Waals surface area (Å²) in [4.78, 5) is 15.8. The van der Waals surface area contributed by atoms with Crippen molar-refractivity contribution in [2.24, 2.45) is 0 Å². The Morgan fingerprint density at radius 2 is 2.04 bits per heavy atom. The van der Waals surface area contributed by atoms with Crippen molar-refractivity contribution >= 4 is 17.5 Å². The van der Waals surface area contributed by atoms with Crippen LogP contribution in [0.1, 0.15) is 5.89 Å². The average Bonchev–Trinajstić information content (AvgIpc) is 3.09. The van der Waals surface area contributed by atoms with Crippen LogP contribution in [0, 0.1) is 0 Å². The maximum Gasteiger partial charge on any atom is 0.258 e. The van der Waals surface area contributed by atoms with Gasteiger partial charge in [0.1, 0.15) is 5.75 Å². The molecule has 0 spiro atoms. The first-order valence-corrected chi connectivity index (χ1v) is 7.46. The fraction of sp³-hybridized carbons (Fsp3) is 0.125. The number of nitrogens with zero attached hydrogens (tertiary/aromatic N) is 3. The molecule has 0 saturated heterocycles. The molecule has 0 bridgehead atoms. The lowest BCUT2D eigenvalue weighted by Gasteiger charge is -2.06. The van der Waals surface area contributed by atoms with Gasteiger partial charge in [0.15, 0.2) is 6.61 Å². The Balaban J connectivity index is 1.48. The molecule has 8 heteroatoms. The number of ether oxygens (including phenoxy) is 1. The lowest BCUT2D eigenvalue weighted by atomic mass is 10.3. The number of benzene rings is 1. The number of carbonyl (C=O) groups excluding carboxylic acids is 1. The first kappa shape index (κ1) is 15.9. The van der Waals surface area contributed by atoms with Crippen LogP contribution in [0.2, 0.25) is 5.02 Å². The second kappa shape index (κ2) is 7.56. The predicted octanol–water partition coefficient (Wildman–Crippen LogP) is 2.48. The molecule has 122 valence electrons. The van der Waals surface area contributed by atoms with Crippen LogP contribution in [0.4, 0.5) is 0 Å². The van der Waals surface area contributed by atoms with E-state index in [9.17, 15) is 4.79 Å². The zero-order chi connectivity index (χ0) is 16.8. The molecule has 0 unspecified atom stereocenters. The molecule has 1 N–H and O–H groups in total. The van der Waals surface area contributed by atoms with Crippen molar-refractivity contribution in [3.05, 3.63) is 59.7 Å². The summed E-state index contributed by atoms with van der Waals surface area (Å²) >= 11 is 5.78. The van der Waals surface area contributed by atoms with Crippen LogP contribution in [0.3, 0.4) is 0 Å². The van der Waals surface area contributed by atoms with Crippen LogP contribution in [-0.4, -0.2) is 27.7 Å². The van der Waals surface area contributed by atoms with Gasteiger partial charge >= 0.3 is 0 Å². The molecule has 0 saturated carbocycles. The molecule has 7 nitrogen and oxygen atoms in total. The van der Waals surface area contributed by atoms with Crippen molar-refractivity contribution in [3.8, 4) is 17.2 Å². The van der Waals surface area contributed by atoms with Crippen LogP contribution in [-0.2, 0) is 11.3 Å². The van der Waals surface area contributed by atoms with Gasteiger partial charge < -0.3 is 14.5 Å². The molecule has 0 aliphatic rings. The fourth-order valence-electron chi connectivity index (χ4n) is 1.84. The predicted molar refractivity (Wildman–Crippen MR) is 86.3 cm³/mol. The van der Waals surface area contributed by atoms with Crippen LogP contribution in [0.15, 0.2) is 53.2 Å². The van der Waals surface area contributed by atoms with Gasteiger partial charge in [-0.3, -0.25) is 9.78 Å². The first-order chi connectivity index (χ1) is 11.7. The molecule has 2 aromatic heterocycles. The quantitative estimate of drug-likeness (QED) is 0.738. The summed E-state index contributed by atoms with van der Waals surface area (Å²) in [5.41, 5.74) is 0.716. The minimum Gasteiger partial charge on any atom is -0.484 e. The summed E-state index contributed by atoms with van der Waals surface area (Å²) < 4.78 is 10.8. The van der Waals surface area contributed by atoms with Gasteiger partial charge in [0.05, 0.1) is 12.1 Å². The molecule has 3 aromatic rings. The van der Waals surface area contributed by atoms with Crippen molar-refractivity contribution in [3.63, 3.8) is 0 Å². The van der Waals surface area contributed by atoms with Gasteiger partial charge in [-0.15, -0.1) is 10.2 Å². The normalized spacial score (nSPS) is 10.4. The van der Waals surface area contributed by atoms with Crippen molar-refractivity contribution in [1.82, 2.24) is 20.5 Å². The van der Waals surface area contributed by atoms with Crippen LogP contribution in [0.5, 0.6) is 5.75 Å². The highest BCUT2D eigenvalue weighted by molar-refractivity contribution is 6.30. The highest BCUT2D eigenvalue weighted by atomic mass is 35.5. The largest absolute Gasteiger partial charge is 0.484 e. The lowest BCUT2D eigenvalue weighted by molar-refractivity contribution is -0.123. The zero-order valence-corrected chi connectivity index (χ0v) is 13.2. The molecule has 0 atom stereocenters. The fourth-order valence-corrected chi connectivity index (χ4v) is 1.96. The zero-order valence-electron chi connectivity index (χ0n) is 12.5. The third kappa shape index (κ3) is 4.30. The summed E-state index contributed by atoms with van der Waals surface area (Å²) in [6.07, 6.45) is 3.28. The van der Waals surface area contributed by atoms with Gasteiger partial charge in [-0.05, 0) is 36.4 Å². The van der Waals surface area contributed by atoms with Gasteiger partial charge in [0, 0.05) is 17.4 Å². The number of rotatable bonds is 6. The summed E-state index contributed by atoms with van der Waals surface area (Å²) in [7, 11) is 0. The monoisotopic (exact) mass is 344 g/mol. The van der Waals surface area contributed by atoms with Crippen molar-refractivity contribution < 1.29 is 13.9 Å². The van der Waals surface area contributed by atoms with Crippen LogP contribution < -0.4 is 10.1 Å². The van der Waals surface area contributed by atoms with E-state index in [4.69, 9.17) is 20.8 Å².